The van der Waals surface area contributed by atoms with E-state index in [1.54, 1.807) is 0 Å². The third-order valence-electron chi connectivity index (χ3n) is 4.21. The highest BCUT2D eigenvalue weighted by atomic mass is 32.2. The van der Waals surface area contributed by atoms with E-state index in [0.717, 1.165) is 24.2 Å². The molecule has 0 aromatic rings. The topological polar surface area (TPSA) is 18.5 Å². The van der Waals surface area contributed by atoms with Crippen LogP contribution in [0.5, 0.6) is 0 Å². The maximum Gasteiger partial charge on any atom is 0.169 e. The Morgan fingerprint density at radius 2 is 1.67 bits per heavy atom. The summed E-state index contributed by atoms with van der Waals surface area (Å²) in [6.07, 6.45) is 5.38. The lowest BCUT2D eigenvalue weighted by Gasteiger charge is -2.41. The first-order chi connectivity index (χ1) is 8.83. The van der Waals surface area contributed by atoms with Gasteiger partial charge >= 0.3 is 0 Å². The minimum Gasteiger partial charge on any atom is -0.360 e. The summed E-state index contributed by atoms with van der Waals surface area (Å²) in [6, 6.07) is 1.53. The molecule has 5 heteroatoms. The predicted octanol–water partition coefficient (Wildman–Crippen LogP) is 1.54. The molecule has 18 heavy (non-hydrogen) atoms. The van der Waals surface area contributed by atoms with E-state index in [-0.39, 0.29) is 0 Å². The number of nitrogens with one attached hydrogen (secondary N) is 1. The van der Waals surface area contributed by atoms with Crippen molar-refractivity contribution >= 4 is 29.1 Å². The van der Waals surface area contributed by atoms with Gasteiger partial charge in [0.05, 0.1) is 0 Å². The van der Waals surface area contributed by atoms with E-state index >= 15 is 0 Å². The molecule has 1 aliphatic carbocycles. The quantitative estimate of drug-likeness (QED) is 0.774. The van der Waals surface area contributed by atoms with Gasteiger partial charge in [-0.3, -0.25) is 4.90 Å². The molecule has 0 spiro atoms. The number of hydrogen-bond acceptors (Lipinski definition) is 3. The zero-order valence-electron chi connectivity index (χ0n) is 10.9. The Bertz CT molecular complexity index is 293. The normalized spacial score (nSPS) is 27.2. The first kappa shape index (κ1) is 13.0. The molecule has 2 aliphatic heterocycles. The molecule has 0 atom stereocenters. The number of hydrogen-bond donors (Lipinski definition) is 1. The molecule has 102 valence electrons. The number of thiocarbonyl (C=S) groups is 1. The smallest absolute Gasteiger partial charge is 0.169 e. The van der Waals surface area contributed by atoms with E-state index in [1.165, 1.54) is 50.3 Å². The highest BCUT2D eigenvalue weighted by Gasteiger charge is 2.28. The molecular formula is C13H23N3S2. The second kappa shape index (κ2) is 5.97. The summed E-state index contributed by atoms with van der Waals surface area (Å²) in [6.45, 7) is 4.62. The minimum absolute atomic E-state index is 0.686. The molecule has 1 N–H and O–H groups in total. The summed E-state index contributed by atoms with van der Waals surface area (Å²) in [7, 11) is 0. The Kier molecular flexibility index (Phi) is 4.31. The van der Waals surface area contributed by atoms with Crippen molar-refractivity contribution < 1.29 is 0 Å². The van der Waals surface area contributed by atoms with Crippen LogP contribution in [0.15, 0.2) is 0 Å². The summed E-state index contributed by atoms with van der Waals surface area (Å²) >= 11 is 7.59. The largest absolute Gasteiger partial charge is 0.360 e. The molecule has 1 saturated carbocycles. The zero-order valence-corrected chi connectivity index (χ0v) is 12.6. The van der Waals surface area contributed by atoms with Gasteiger partial charge < -0.3 is 10.2 Å². The highest BCUT2D eigenvalue weighted by Crippen LogP contribution is 2.23. The molecule has 3 nitrogen and oxygen atoms in total. The summed E-state index contributed by atoms with van der Waals surface area (Å²) in [5.74, 6) is 2.71. The van der Waals surface area contributed by atoms with E-state index < -0.39 is 0 Å². The molecule has 2 saturated heterocycles. The van der Waals surface area contributed by atoms with Crippen LogP contribution < -0.4 is 5.32 Å². The van der Waals surface area contributed by atoms with Crippen molar-refractivity contribution in [1.82, 2.24) is 15.1 Å². The van der Waals surface area contributed by atoms with Crippen LogP contribution in [0.4, 0.5) is 0 Å². The fraction of sp³-hybridized carbons (Fsp3) is 0.923. The maximum atomic E-state index is 5.48. The Balaban J connectivity index is 1.43. The molecule has 3 fully saturated rings. The van der Waals surface area contributed by atoms with Crippen LogP contribution in [-0.2, 0) is 0 Å². The second-order valence-corrected chi connectivity index (χ2v) is 7.20. The van der Waals surface area contributed by atoms with Crippen molar-refractivity contribution in [3.8, 4) is 0 Å². The van der Waals surface area contributed by atoms with Crippen LogP contribution in [0.3, 0.4) is 0 Å². The van der Waals surface area contributed by atoms with Crippen molar-refractivity contribution in [3.63, 3.8) is 0 Å². The monoisotopic (exact) mass is 285 g/mol. The average Bonchev–Trinajstić information content (AvgIpc) is 3.24. The van der Waals surface area contributed by atoms with E-state index in [4.69, 9.17) is 12.2 Å². The number of thioether (sulfide) groups is 1. The third kappa shape index (κ3) is 3.31. The van der Waals surface area contributed by atoms with Crippen LogP contribution in [0.2, 0.25) is 0 Å². The Labute approximate surface area is 120 Å². The molecule has 0 aromatic heterocycles. The molecule has 3 aliphatic rings. The lowest BCUT2D eigenvalue weighted by molar-refractivity contribution is 0.125. The van der Waals surface area contributed by atoms with Crippen molar-refractivity contribution in [2.75, 3.05) is 37.7 Å². The molecule has 0 aromatic carbocycles. The Morgan fingerprint density at radius 1 is 1.00 bits per heavy atom. The number of nitrogens with zero attached hydrogens (tertiary/aromatic N) is 2. The maximum absolute atomic E-state index is 5.48. The SMILES string of the molecule is S=C(NC1CC1)N1CCN(C2CCSCC2)CC1. The average molecular weight is 285 g/mol. The van der Waals surface area contributed by atoms with Gasteiger partial charge in [0.1, 0.15) is 0 Å². The molecule has 0 amide bonds. The van der Waals surface area contributed by atoms with Gasteiger partial charge in [0.2, 0.25) is 0 Å². The van der Waals surface area contributed by atoms with E-state index in [1.807, 2.05) is 0 Å². The third-order valence-corrected chi connectivity index (χ3v) is 5.64. The number of piperazine rings is 1. The first-order valence-corrected chi connectivity index (χ1v) is 8.76. The summed E-state index contributed by atoms with van der Waals surface area (Å²) in [5, 5.41) is 4.45. The van der Waals surface area contributed by atoms with E-state index in [9.17, 15) is 0 Å². The molecule has 3 rings (SSSR count). The van der Waals surface area contributed by atoms with Crippen molar-refractivity contribution in [1.29, 1.82) is 0 Å². The summed E-state index contributed by atoms with van der Waals surface area (Å²) in [4.78, 5) is 5.05. The lowest BCUT2D eigenvalue weighted by Crippen LogP contribution is -2.54. The van der Waals surface area contributed by atoms with Crippen molar-refractivity contribution in [2.24, 2.45) is 0 Å². The van der Waals surface area contributed by atoms with Gasteiger partial charge in [0.15, 0.2) is 5.11 Å². The number of rotatable bonds is 2. The van der Waals surface area contributed by atoms with Gasteiger partial charge in [-0.05, 0) is 49.4 Å². The van der Waals surface area contributed by atoms with Gasteiger partial charge in [-0.15, -0.1) is 0 Å². The first-order valence-electron chi connectivity index (χ1n) is 7.20. The minimum atomic E-state index is 0.686. The standard InChI is InChI=1S/C13H23N3S2/c17-13(14-11-1-2-11)16-7-5-15(6-8-16)12-3-9-18-10-4-12/h11-12H,1-10H2,(H,14,17). The zero-order chi connectivity index (χ0) is 12.4. The van der Waals surface area contributed by atoms with E-state index in [0.29, 0.717) is 6.04 Å². The van der Waals surface area contributed by atoms with Gasteiger partial charge in [0.25, 0.3) is 0 Å². The molecular weight excluding hydrogens is 262 g/mol. The lowest BCUT2D eigenvalue weighted by atomic mass is 10.1. The molecule has 0 unspecified atom stereocenters. The van der Waals surface area contributed by atoms with Gasteiger partial charge in [-0.1, -0.05) is 0 Å². The summed E-state index contributed by atoms with van der Waals surface area (Å²) in [5.41, 5.74) is 0. The molecule has 2 heterocycles. The molecule has 0 bridgehead atoms. The van der Waals surface area contributed by atoms with Crippen LogP contribution >= 0.6 is 24.0 Å². The highest BCUT2D eigenvalue weighted by molar-refractivity contribution is 7.99. The van der Waals surface area contributed by atoms with Crippen LogP contribution in [-0.4, -0.2) is 64.7 Å². The van der Waals surface area contributed by atoms with Crippen LogP contribution in [0, 0.1) is 0 Å². The van der Waals surface area contributed by atoms with Crippen LogP contribution in [0.1, 0.15) is 25.7 Å². The van der Waals surface area contributed by atoms with Gasteiger partial charge in [-0.25, -0.2) is 0 Å². The fourth-order valence-electron chi connectivity index (χ4n) is 2.83. The van der Waals surface area contributed by atoms with Gasteiger partial charge in [-0.2, -0.15) is 11.8 Å². The van der Waals surface area contributed by atoms with Crippen LogP contribution in [0.25, 0.3) is 0 Å². The second-order valence-electron chi connectivity index (χ2n) is 5.59. The van der Waals surface area contributed by atoms with Crippen molar-refractivity contribution in [3.05, 3.63) is 0 Å². The molecule has 0 radical (unpaired) electrons. The Morgan fingerprint density at radius 3 is 2.28 bits per heavy atom. The van der Waals surface area contributed by atoms with E-state index in [2.05, 4.69) is 26.9 Å². The predicted molar refractivity (Wildman–Crippen MR) is 82.2 cm³/mol. The van der Waals surface area contributed by atoms with Crippen molar-refractivity contribution in [2.45, 2.75) is 37.8 Å². The fourth-order valence-corrected chi connectivity index (χ4v) is 4.26. The van der Waals surface area contributed by atoms with Gasteiger partial charge in [0, 0.05) is 38.3 Å². The summed E-state index contributed by atoms with van der Waals surface area (Å²) < 4.78 is 0. The Hall–Kier alpha value is -0.0000000000000000555.